The highest BCUT2D eigenvalue weighted by Crippen LogP contribution is 2.24. The van der Waals surface area contributed by atoms with Crippen molar-refractivity contribution in [2.45, 2.75) is 17.1 Å². The van der Waals surface area contributed by atoms with Gasteiger partial charge < -0.3 is 4.90 Å². The van der Waals surface area contributed by atoms with E-state index in [1.807, 2.05) is 24.3 Å². The van der Waals surface area contributed by atoms with Crippen LogP contribution in [0.2, 0.25) is 0 Å². The Bertz CT molecular complexity index is 704. The van der Waals surface area contributed by atoms with E-state index in [0.29, 0.717) is 4.21 Å². The molecule has 1 aromatic heterocycles. The number of aryl methyl sites for hydroxylation is 2. The first-order chi connectivity index (χ1) is 9.97. The molecule has 6 heteroatoms. The van der Waals surface area contributed by atoms with Gasteiger partial charge in [-0.15, -0.1) is 15.7 Å². The summed E-state index contributed by atoms with van der Waals surface area (Å²) in [6.07, 6.45) is 3.04. The summed E-state index contributed by atoms with van der Waals surface area (Å²) in [6, 6.07) is 13.7. The molecule has 0 aliphatic carbocycles. The zero-order valence-electron chi connectivity index (χ0n) is 12.1. The van der Waals surface area contributed by atoms with Crippen LogP contribution in [0.15, 0.2) is 51.1 Å². The first kappa shape index (κ1) is 15.7. The molecular weight excluding hydrogens is 304 g/mol. The van der Waals surface area contributed by atoms with Crippen LogP contribution in [0.25, 0.3) is 0 Å². The van der Waals surface area contributed by atoms with Crippen molar-refractivity contribution >= 4 is 27.7 Å². The maximum atomic E-state index is 12.0. The molecule has 2 aromatic rings. The lowest BCUT2D eigenvalue weighted by molar-refractivity contribution is 0.596. The number of thiophene rings is 1. The average Bonchev–Trinajstić information content (AvgIpc) is 2.94. The highest BCUT2D eigenvalue weighted by atomic mass is 32.2. The third-order valence-electron chi connectivity index (χ3n) is 2.81. The molecule has 0 unspecified atom stereocenters. The molecule has 4 nitrogen and oxygen atoms in total. The minimum atomic E-state index is -3.57. The number of benzene rings is 1. The summed E-state index contributed by atoms with van der Waals surface area (Å²) < 4.78 is 28.0. The van der Waals surface area contributed by atoms with Crippen molar-refractivity contribution in [2.24, 2.45) is 4.40 Å². The Hall–Kier alpha value is -1.66. The lowest BCUT2D eigenvalue weighted by atomic mass is 10.1. The second-order valence-electron chi connectivity index (χ2n) is 4.87. The molecule has 0 radical (unpaired) electrons. The van der Waals surface area contributed by atoms with Crippen LogP contribution in [0, 0.1) is 0 Å². The van der Waals surface area contributed by atoms with Crippen LogP contribution in [-0.4, -0.2) is 33.8 Å². The van der Waals surface area contributed by atoms with E-state index in [2.05, 4.69) is 16.5 Å². The van der Waals surface area contributed by atoms with Gasteiger partial charge in [0.05, 0.1) is 0 Å². The third kappa shape index (κ3) is 4.68. The van der Waals surface area contributed by atoms with Crippen molar-refractivity contribution in [1.29, 1.82) is 0 Å². The Morgan fingerprint density at radius 1 is 1.10 bits per heavy atom. The maximum Gasteiger partial charge on any atom is 0.293 e. The van der Waals surface area contributed by atoms with E-state index in [1.165, 1.54) is 23.2 Å². The molecule has 0 atom stereocenters. The van der Waals surface area contributed by atoms with Crippen LogP contribution < -0.4 is 0 Å². The number of hydrogen-bond donors (Lipinski definition) is 0. The molecule has 0 aliphatic rings. The zero-order chi connectivity index (χ0) is 15.3. The largest absolute Gasteiger partial charge is 0.368 e. The van der Waals surface area contributed by atoms with E-state index < -0.39 is 10.0 Å². The summed E-state index contributed by atoms with van der Waals surface area (Å²) in [5.41, 5.74) is 1.25. The number of rotatable bonds is 6. The van der Waals surface area contributed by atoms with Crippen LogP contribution in [0.5, 0.6) is 0 Å². The minimum Gasteiger partial charge on any atom is -0.368 e. The SMILES string of the molecule is CN(C)/C=N/S(=O)(=O)c1ccc(CCc2ccccc2)s1. The van der Waals surface area contributed by atoms with Gasteiger partial charge in [-0.05, 0) is 30.5 Å². The summed E-state index contributed by atoms with van der Waals surface area (Å²) in [5.74, 6) is 0. The Morgan fingerprint density at radius 2 is 1.81 bits per heavy atom. The molecular formula is C15H18N2O2S2. The first-order valence-corrected chi connectivity index (χ1v) is 8.82. The monoisotopic (exact) mass is 322 g/mol. The Labute approximate surface area is 129 Å². The van der Waals surface area contributed by atoms with E-state index in [1.54, 1.807) is 25.1 Å². The summed E-state index contributed by atoms with van der Waals surface area (Å²) in [6.45, 7) is 0. The standard InChI is InChI=1S/C15H18N2O2S2/c1-17(2)12-16-21(18,19)15-11-10-14(20-15)9-8-13-6-4-3-5-7-13/h3-7,10-12H,8-9H2,1-2H3/b16-12+. The van der Waals surface area contributed by atoms with Gasteiger partial charge in [0.1, 0.15) is 10.5 Å². The normalized spacial score (nSPS) is 11.9. The van der Waals surface area contributed by atoms with Crippen molar-refractivity contribution in [3.63, 3.8) is 0 Å². The topological polar surface area (TPSA) is 49.7 Å². The number of nitrogens with zero attached hydrogens (tertiary/aromatic N) is 2. The molecule has 0 N–H and O–H groups in total. The van der Waals surface area contributed by atoms with Crippen LogP contribution in [-0.2, 0) is 22.9 Å². The van der Waals surface area contributed by atoms with Gasteiger partial charge in [0, 0.05) is 19.0 Å². The molecule has 0 spiro atoms. The fraction of sp³-hybridized carbons (Fsp3) is 0.267. The first-order valence-electron chi connectivity index (χ1n) is 6.57. The van der Waals surface area contributed by atoms with Gasteiger partial charge in [0.25, 0.3) is 10.0 Å². The molecule has 0 fully saturated rings. The van der Waals surface area contributed by atoms with Gasteiger partial charge in [0.2, 0.25) is 0 Å². The lowest BCUT2D eigenvalue weighted by Gasteiger charge is -2.01. The smallest absolute Gasteiger partial charge is 0.293 e. The fourth-order valence-corrected chi connectivity index (χ4v) is 4.01. The van der Waals surface area contributed by atoms with Crippen LogP contribution in [0.3, 0.4) is 0 Å². The molecule has 1 heterocycles. The molecule has 0 aliphatic heterocycles. The van der Waals surface area contributed by atoms with Crippen LogP contribution >= 0.6 is 11.3 Å². The van der Waals surface area contributed by atoms with E-state index in [-0.39, 0.29) is 0 Å². The molecule has 0 amide bonds. The third-order valence-corrected chi connectivity index (χ3v) is 5.65. The predicted octanol–water partition coefficient (Wildman–Crippen LogP) is 2.81. The van der Waals surface area contributed by atoms with E-state index in [0.717, 1.165) is 17.7 Å². The van der Waals surface area contributed by atoms with Gasteiger partial charge in [-0.2, -0.15) is 8.42 Å². The van der Waals surface area contributed by atoms with Crippen molar-refractivity contribution in [3.05, 3.63) is 52.9 Å². The Morgan fingerprint density at radius 3 is 2.48 bits per heavy atom. The predicted molar refractivity (Wildman–Crippen MR) is 87.5 cm³/mol. The van der Waals surface area contributed by atoms with Gasteiger partial charge >= 0.3 is 0 Å². The number of hydrogen-bond acceptors (Lipinski definition) is 3. The average molecular weight is 322 g/mol. The van der Waals surface area contributed by atoms with E-state index in [4.69, 9.17) is 0 Å². The molecule has 0 saturated heterocycles. The quantitative estimate of drug-likeness (QED) is 0.607. The van der Waals surface area contributed by atoms with Crippen LogP contribution in [0.1, 0.15) is 10.4 Å². The van der Waals surface area contributed by atoms with Crippen molar-refractivity contribution in [2.75, 3.05) is 14.1 Å². The molecule has 112 valence electrons. The second-order valence-corrected chi connectivity index (χ2v) is 7.89. The van der Waals surface area contributed by atoms with Gasteiger partial charge in [-0.3, -0.25) is 0 Å². The zero-order valence-corrected chi connectivity index (χ0v) is 13.7. The molecule has 0 saturated carbocycles. The molecule has 0 bridgehead atoms. The fourth-order valence-electron chi connectivity index (χ4n) is 1.75. The van der Waals surface area contributed by atoms with Crippen molar-refractivity contribution < 1.29 is 8.42 Å². The highest BCUT2D eigenvalue weighted by Gasteiger charge is 2.15. The highest BCUT2D eigenvalue weighted by molar-refractivity contribution is 7.92. The van der Waals surface area contributed by atoms with Crippen LogP contribution in [0.4, 0.5) is 0 Å². The maximum absolute atomic E-state index is 12.0. The van der Waals surface area contributed by atoms with Gasteiger partial charge in [-0.25, -0.2) is 0 Å². The van der Waals surface area contributed by atoms with Crippen molar-refractivity contribution in [3.8, 4) is 0 Å². The summed E-state index contributed by atoms with van der Waals surface area (Å²) in [7, 11) is -0.101. The van der Waals surface area contributed by atoms with E-state index in [9.17, 15) is 8.42 Å². The minimum absolute atomic E-state index is 0.295. The van der Waals surface area contributed by atoms with E-state index >= 15 is 0 Å². The van der Waals surface area contributed by atoms with Crippen molar-refractivity contribution in [1.82, 2.24) is 4.90 Å². The van der Waals surface area contributed by atoms with Gasteiger partial charge in [-0.1, -0.05) is 30.3 Å². The second kappa shape index (κ2) is 6.87. The molecule has 1 aromatic carbocycles. The summed E-state index contributed by atoms with van der Waals surface area (Å²) in [5, 5.41) is 0. The molecule has 2 rings (SSSR count). The molecule has 21 heavy (non-hydrogen) atoms. The van der Waals surface area contributed by atoms with Gasteiger partial charge in [0.15, 0.2) is 0 Å². The summed E-state index contributed by atoms with van der Waals surface area (Å²) in [4.78, 5) is 2.65. The number of sulfonamides is 1. The Kier molecular flexibility index (Phi) is 5.14. The summed E-state index contributed by atoms with van der Waals surface area (Å²) >= 11 is 1.29. The Balaban J connectivity index is 2.04. The lowest BCUT2D eigenvalue weighted by Crippen LogP contribution is -2.09.